The Morgan fingerprint density at radius 3 is 3.17 bits per heavy atom. The van der Waals surface area contributed by atoms with Gasteiger partial charge in [-0.1, -0.05) is 32.0 Å². The molecule has 0 saturated carbocycles. The van der Waals surface area contributed by atoms with Crippen LogP contribution in [0.1, 0.15) is 32.4 Å². The van der Waals surface area contributed by atoms with Crippen molar-refractivity contribution < 1.29 is 4.79 Å². The van der Waals surface area contributed by atoms with E-state index < -0.39 is 0 Å². The lowest BCUT2D eigenvalue weighted by Gasteiger charge is -2.09. The number of hydrogen-bond acceptors (Lipinski definition) is 4. The SMILES string of the molecule is CCCC(C)C(=O)Nc1nc2n(c1C#N)CCS2. The van der Waals surface area contributed by atoms with Gasteiger partial charge >= 0.3 is 0 Å². The largest absolute Gasteiger partial charge is 0.308 e. The smallest absolute Gasteiger partial charge is 0.228 e. The van der Waals surface area contributed by atoms with Gasteiger partial charge < -0.3 is 9.88 Å². The van der Waals surface area contributed by atoms with Crippen LogP contribution in [0.15, 0.2) is 5.16 Å². The molecule has 1 aliphatic heterocycles. The van der Waals surface area contributed by atoms with Gasteiger partial charge in [0, 0.05) is 18.2 Å². The minimum absolute atomic E-state index is 0.0502. The Morgan fingerprint density at radius 1 is 1.72 bits per heavy atom. The third-order valence-corrected chi connectivity index (χ3v) is 3.95. The highest BCUT2D eigenvalue weighted by atomic mass is 32.2. The van der Waals surface area contributed by atoms with E-state index in [1.54, 1.807) is 11.8 Å². The molecule has 96 valence electrons. The maximum absolute atomic E-state index is 11.9. The van der Waals surface area contributed by atoms with Crippen molar-refractivity contribution in [1.82, 2.24) is 9.55 Å². The highest BCUT2D eigenvalue weighted by molar-refractivity contribution is 7.99. The van der Waals surface area contributed by atoms with E-state index in [2.05, 4.69) is 16.4 Å². The van der Waals surface area contributed by atoms with Gasteiger partial charge in [0.1, 0.15) is 6.07 Å². The summed E-state index contributed by atoms with van der Waals surface area (Å²) in [7, 11) is 0. The van der Waals surface area contributed by atoms with Crippen molar-refractivity contribution in [2.24, 2.45) is 5.92 Å². The second kappa shape index (κ2) is 5.44. The van der Waals surface area contributed by atoms with Crippen molar-refractivity contribution in [3.8, 4) is 6.07 Å². The predicted octanol–water partition coefficient (Wildman–Crippen LogP) is 2.24. The fourth-order valence-electron chi connectivity index (χ4n) is 1.98. The molecule has 0 aromatic carbocycles. The highest BCUT2D eigenvalue weighted by Gasteiger charge is 2.23. The number of carbonyl (C=O) groups is 1. The fraction of sp³-hybridized carbons (Fsp3) is 0.583. The Kier molecular flexibility index (Phi) is 3.92. The van der Waals surface area contributed by atoms with Gasteiger partial charge in [0.05, 0.1) is 0 Å². The van der Waals surface area contributed by atoms with E-state index in [0.717, 1.165) is 30.3 Å². The van der Waals surface area contributed by atoms with Crippen molar-refractivity contribution >= 4 is 23.5 Å². The molecule has 2 rings (SSSR count). The first-order valence-electron chi connectivity index (χ1n) is 6.11. The van der Waals surface area contributed by atoms with Crippen LogP contribution in [-0.4, -0.2) is 21.2 Å². The number of carbonyl (C=O) groups excluding carboxylic acids is 1. The number of nitriles is 1. The van der Waals surface area contributed by atoms with Crippen LogP contribution in [0.4, 0.5) is 5.82 Å². The van der Waals surface area contributed by atoms with Crippen molar-refractivity contribution in [2.75, 3.05) is 11.1 Å². The number of nitrogens with one attached hydrogen (secondary N) is 1. The zero-order valence-corrected chi connectivity index (χ0v) is 11.4. The molecule has 1 amide bonds. The van der Waals surface area contributed by atoms with Crippen LogP contribution in [0.2, 0.25) is 0 Å². The molecule has 1 atom stereocenters. The summed E-state index contributed by atoms with van der Waals surface area (Å²) < 4.78 is 1.87. The molecule has 1 aliphatic rings. The minimum Gasteiger partial charge on any atom is -0.308 e. The highest BCUT2D eigenvalue weighted by Crippen LogP contribution is 2.30. The van der Waals surface area contributed by atoms with Crippen molar-refractivity contribution in [1.29, 1.82) is 5.26 Å². The molecule has 0 saturated heterocycles. The molecule has 0 radical (unpaired) electrons. The minimum atomic E-state index is -0.0601. The van der Waals surface area contributed by atoms with E-state index in [1.807, 2.05) is 18.4 Å². The van der Waals surface area contributed by atoms with Gasteiger partial charge in [-0.05, 0) is 6.42 Å². The van der Waals surface area contributed by atoms with Crippen LogP contribution in [0, 0.1) is 17.2 Å². The van der Waals surface area contributed by atoms with Crippen LogP contribution in [-0.2, 0) is 11.3 Å². The topological polar surface area (TPSA) is 70.7 Å². The van der Waals surface area contributed by atoms with E-state index in [4.69, 9.17) is 5.26 Å². The summed E-state index contributed by atoms with van der Waals surface area (Å²) in [6.45, 7) is 4.73. The first kappa shape index (κ1) is 13.0. The Morgan fingerprint density at radius 2 is 2.50 bits per heavy atom. The van der Waals surface area contributed by atoms with E-state index in [1.165, 1.54) is 0 Å². The van der Waals surface area contributed by atoms with Crippen molar-refractivity contribution in [3.05, 3.63) is 5.69 Å². The van der Waals surface area contributed by atoms with Gasteiger partial charge in [-0.3, -0.25) is 4.79 Å². The van der Waals surface area contributed by atoms with Gasteiger partial charge in [-0.25, -0.2) is 4.98 Å². The monoisotopic (exact) mass is 264 g/mol. The number of amides is 1. The lowest BCUT2D eigenvalue weighted by atomic mass is 10.1. The normalized spacial score (nSPS) is 14.9. The van der Waals surface area contributed by atoms with Gasteiger partial charge in [-0.2, -0.15) is 5.26 Å². The van der Waals surface area contributed by atoms with Crippen LogP contribution >= 0.6 is 11.8 Å². The molecule has 0 bridgehead atoms. The average Bonchev–Trinajstić information content (AvgIpc) is 2.89. The molecule has 1 aromatic heterocycles. The first-order chi connectivity index (χ1) is 8.67. The molecule has 18 heavy (non-hydrogen) atoms. The molecule has 0 spiro atoms. The summed E-state index contributed by atoms with van der Waals surface area (Å²) in [5.74, 6) is 1.24. The van der Waals surface area contributed by atoms with Crippen LogP contribution in [0.5, 0.6) is 0 Å². The second-order valence-corrected chi connectivity index (χ2v) is 5.44. The van der Waals surface area contributed by atoms with Crippen molar-refractivity contribution in [3.63, 3.8) is 0 Å². The Labute approximate surface area is 111 Å². The van der Waals surface area contributed by atoms with E-state index in [-0.39, 0.29) is 11.8 Å². The molecule has 0 fully saturated rings. The summed E-state index contributed by atoms with van der Waals surface area (Å²) in [6.07, 6.45) is 1.81. The lowest BCUT2D eigenvalue weighted by molar-refractivity contribution is -0.119. The zero-order valence-electron chi connectivity index (χ0n) is 10.6. The number of thioether (sulfide) groups is 1. The standard InChI is InChI=1S/C12H16N4OS/c1-3-4-8(2)11(17)14-10-9(7-13)16-5-6-18-12(16)15-10/h8H,3-6H2,1-2H3,(H,14,17). The van der Waals surface area contributed by atoms with E-state index >= 15 is 0 Å². The number of aromatic nitrogens is 2. The maximum atomic E-state index is 11.9. The molecular weight excluding hydrogens is 248 g/mol. The maximum Gasteiger partial charge on any atom is 0.228 e. The van der Waals surface area contributed by atoms with Crippen LogP contribution in [0.3, 0.4) is 0 Å². The Bertz CT molecular complexity index is 503. The molecule has 1 aromatic rings. The third-order valence-electron chi connectivity index (χ3n) is 3.00. The van der Waals surface area contributed by atoms with Gasteiger partial charge in [0.15, 0.2) is 16.7 Å². The van der Waals surface area contributed by atoms with E-state index in [9.17, 15) is 4.79 Å². The summed E-state index contributed by atoms with van der Waals surface area (Å²) in [6, 6.07) is 2.12. The van der Waals surface area contributed by atoms with Gasteiger partial charge in [0.25, 0.3) is 0 Å². The Balaban J connectivity index is 2.15. The zero-order chi connectivity index (χ0) is 13.1. The number of hydrogen-bond donors (Lipinski definition) is 1. The molecule has 2 heterocycles. The predicted molar refractivity (Wildman–Crippen MR) is 70.4 cm³/mol. The lowest BCUT2D eigenvalue weighted by Crippen LogP contribution is -2.21. The molecule has 1 unspecified atom stereocenters. The summed E-state index contributed by atoms with van der Waals surface area (Å²) in [4.78, 5) is 16.2. The molecular formula is C12H16N4OS. The van der Waals surface area contributed by atoms with Gasteiger partial charge in [-0.15, -0.1) is 0 Å². The molecule has 1 N–H and O–H groups in total. The third kappa shape index (κ3) is 2.36. The summed E-state index contributed by atoms with van der Waals surface area (Å²) in [5.41, 5.74) is 0.465. The molecule has 6 heteroatoms. The summed E-state index contributed by atoms with van der Waals surface area (Å²) in [5, 5.41) is 12.7. The number of rotatable bonds is 4. The van der Waals surface area contributed by atoms with Crippen LogP contribution < -0.4 is 5.32 Å². The fourth-order valence-corrected chi connectivity index (χ4v) is 2.93. The summed E-state index contributed by atoms with van der Waals surface area (Å²) >= 11 is 1.61. The van der Waals surface area contributed by atoms with Crippen LogP contribution in [0.25, 0.3) is 0 Å². The number of imidazole rings is 1. The Hall–Kier alpha value is -1.48. The molecule has 5 nitrogen and oxygen atoms in total. The van der Waals surface area contributed by atoms with E-state index in [0.29, 0.717) is 11.5 Å². The molecule has 0 aliphatic carbocycles. The number of nitrogens with zero attached hydrogens (tertiary/aromatic N) is 3. The quantitative estimate of drug-likeness (QED) is 0.905. The second-order valence-electron chi connectivity index (χ2n) is 4.38. The average molecular weight is 264 g/mol. The number of fused-ring (bicyclic) bond motifs is 1. The van der Waals surface area contributed by atoms with Crippen molar-refractivity contribution in [2.45, 2.75) is 38.4 Å². The first-order valence-corrected chi connectivity index (χ1v) is 7.10. The van der Waals surface area contributed by atoms with Gasteiger partial charge in [0.2, 0.25) is 5.91 Å². The number of anilines is 1.